The summed E-state index contributed by atoms with van der Waals surface area (Å²) in [5.41, 5.74) is 3.34. The number of ether oxygens (including phenoxy) is 1. The summed E-state index contributed by atoms with van der Waals surface area (Å²) in [6.45, 7) is 11.3. The SMILES string of the molecule is CCNC(=NCc1ccc(N2CCOCC2)cc1)NCc1nc(C)c(C)o1. The lowest BCUT2D eigenvalue weighted by atomic mass is 10.2. The molecule has 27 heavy (non-hydrogen) atoms. The molecule has 0 bridgehead atoms. The van der Waals surface area contributed by atoms with E-state index in [4.69, 9.17) is 9.15 Å². The van der Waals surface area contributed by atoms with E-state index in [0.29, 0.717) is 19.0 Å². The van der Waals surface area contributed by atoms with Crippen molar-refractivity contribution < 1.29 is 9.15 Å². The van der Waals surface area contributed by atoms with Crippen molar-refractivity contribution in [3.8, 4) is 0 Å². The molecule has 1 fully saturated rings. The summed E-state index contributed by atoms with van der Waals surface area (Å²) in [4.78, 5) is 11.4. The second kappa shape index (κ2) is 9.41. The maximum absolute atomic E-state index is 5.61. The number of aromatic nitrogens is 1. The zero-order valence-electron chi connectivity index (χ0n) is 16.4. The predicted octanol–water partition coefficient (Wildman–Crippen LogP) is 2.38. The summed E-state index contributed by atoms with van der Waals surface area (Å²) in [6.07, 6.45) is 0. The average molecular weight is 371 g/mol. The number of anilines is 1. The molecule has 0 amide bonds. The van der Waals surface area contributed by atoms with Gasteiger partial charge in [-0.3, -0.25) is 0 Å². The summed E-state index contributed by atoms with van der Waals surface area (Å²) >= 11 is 0. The van der Waals surface area contributed by atoms with Crippen LogP contribution in [0.3, 0.4) is 0 Å². The lowest BCUT2D eigenvalue weighted by Gasteiger charge is -2.28. The van der Waals surface area contributed by atoms with Gasteiger partial charge >= 0.3 is 0 Å². The van der Waals surface area contributed by atoms with Crippen LogP contribution in [0, 0.1) is 13.8 Å². The van der Waals surface area contributed by atoms with E-state index in [1.807, 2.05) is 20.8 Å². The number of guanidine groups is 1. The lowest BCUT2D eigenvalue weighted by Crippen LogP contribution is -2.36. The molecule has 2 N–H and O–H groups in total. The van der Waals surface area contributed by atoms with Crippen molar-refractivity contribution in [2.24, 2.45) is 4.99 Å². The molecule has 3 rings (SSSR count). The molecule has 0 unspecified atom stereocenters. The molecule has 1 saturated heterocycles. The van der Waals surface area contributed by atoms with Crippen molar-refractivity contribution in [3.63, 3.8) is 0 Å². The maximum atomic E-state index is 5.61. The standard InChI is InChI=1S/C20H29N5O2/c1-4-21-20(23-14-19-24-15(2)16(3)27-19)22-13-17-5-7-18(8-6-17)25-9-11-26-12-10-25/h5-8H,4,9-14H2,1-3H3,(H2,21,22,23). The normalized spacial score (nSPS) is 15.1. The molecule has 1 aliphatic rings. The van der Waals surface area contributed by atoms with Crippen LogP contribution in [-0.2, 0) is 17.8 Å². The van der Waals surface area contributed by atoms with Crippen LogP contribution in [0.2, 0.25) is 0 Å². The van der Waals surface area contributed by atoms with Gasteiger partial charge in [-0.1, -0.05) is 12.1 Å². The van der Waals surface area contributed by atoms with Gasteiger partial charge in [0.05, 0.1) is 32.0 Å². The van der Waals surface area contributed by atoms with Gasteiger partial charge in [0.25, 0.3) is 0 Å². The minimum absolute atomic E-state index is 0.510. The molecule has 0 spiro atoms. The Bertz CT molecular complexity index is 729. The molecular weight excluding hydrogens is 342 g/mol. The summed E-state index contributed by atoms with van der Waals surface area (Å²) in [6, 6.07) is 8.60. The summed E-state index contributed by atoms with van der Waals surface area (Å²) in [7, 11) is 0. The van der Waals surface area contributed by atoms with Crippen molar-refractivity contribution in [2.45, 2.75) is 33.9 Å². The van der Waals surface area contributed by atoms with Gasteiger partial charge in [0, 0.05) is 25.3 Å². The largest absolute Gasteiger partial charge is 0.444 e. The molecule has 0 saturated carbocycles. The molecule has 2 heterocycles. The molecule has 0 radical (unpaired) electrons. The number of nitrogens with zero attached hydrogens (tertiary/aromatic N) is 3. The molecule has 146 valence electrons. The van der Waals surface area contributed by atoms with Crippen molar-refractivity contribution in [2.75, 3.05) is 37.7 Å². The smallest absolute Gasteiger partial charge is 0.214 e. The highest BCUT2D eigenvalue weighted by Crippen LogP contribution is 2.17. The summed E-state index contributed by atoms with van der Waals surface area (Å²) in [5, 5.41) is 6.53. The Hall–Kier alpha value is -2.54. The second-order valence-electron chi connectivity index (χ2n) is 6.56. The number of nitrogens with one attached hydrogen (secondary N) is 2. The van der Waals surface area contributed by atoms with E-state index in [1.54, 1.807) is 0 Å². The van der Waals surface area contributed by atoms with Crippen LogP contribution >= 0.6 is 0 Å². The topological polar surface area (TPSA) is 74.9 Å². The number of oxazole rings is 1. The van der Waals surface area contributed by atoms with Crippen LogP contribution in [0.5, 0.6) is 0 Å². The first kappa shape index (κ1) is 19.2. The van der Waals surface area contributed by atoms with E-state index >= 15 is 0 Å². The second-order valence-corrected chi connectivity index (χ2v) is 6.56. The van der Waals surface area contributed by atoms with Crippen LogP contribution in [-0.4, -0.2) is 43.8 Å². The fourth-order valence-corrected chi connectivity index (χ4v) is 2.92. The molecule has 0 atom stereocenters. The van der Waals surface area contributed by atoms with Crippen LogP contribution in [0.4, 0.5) is 5.69 Å². The monoisotopic (exact) mass is 371 g/mol. The first-order chi connectivity index (χ1) is 13.2. The van der Waals surface area contributed by atoms with Crippen LogP contribution < -0.4 is 15.5 Å². The first-order valence-electron chi connectivity index (χ1n) is 9.52. The van der Waals surface area contributed by atoms with Gasteiger partial charge in [-0.2, -0.15) is 0 Å². The number of benzene rings is 1. The molecule has 1 aromatic carbocycles. The summed E-state index contributed by atoms with van der Waals surface area (Å²) < 4.78 is 11.0. The Labute approximate surface area is 160 Å². The molecular formula is C20H29N5O2. The van der Waals surface area contributed by atoms with Gasteiger partial charge in [0.2, 0.25) is 5.89 Å². The number of aliphatic imine (C=N–C) groups is 1. The van der Waals surface area contributed by atoms with E-state index in [2.05, 4.69) is 49.8 Å². The minimum atomic E-state index is 0.510. The van der Waals surface area contributed by atoms with Gasteiger partial charge < -0.3 is 24.7 Å². The predicted molar refractivity (Wildman–Crippen MR) is 107 cm³/mol. The van der Waals surface area contributed by atoms with E-state index in [-0.39, 0.29) is 0 Å². The van der Waals surface area contributed by atoms with Gasteiger partial charge in [0.1, 0.15) is 5.76 Å². The van der Waals surface area contributed by atoms with Crippen LogP contribution in [0.15, 0.2) is 33.7 Å². The minimum Gasteiger partial charge on any atom is -0.444 e. The van der Waals surface area contributed by atoms with E-state index < -0.39 is 0 Å². The van der Waals surface area contributed by atoms with E-state index in [1.165, 1.54) is 11.3 Å². The molecule has 7 nitrogen and oxygen atoms in total. The van der Waals surface area contributed by atoms with Crippen molar-refractivity contribution >= 4 is 11.6 Å². The number of morpholine rings is 1. The van der Waals surface area contributed by atoms with Gasteiger partial charge in [-0.05, 0) is 38.5 Å². The Balaban J connectivity index is 1.57. The van der Waals surface area contributed by atoms with Gasteiger partial charge in [-0.25, -0.2) is 9.98 Å². The average Bonchev–Trinajstić information content (AvgIpc) is 3.03. The fourth-order valence-electron chi connectivity index (χ4n) is 2.92. The third-order valence-corrected chi connectivity index (χ3v) is 4.56. The third-order valence-electron chi connectivity index (χ3n) is 4.56. The Morgan fingerprint density at radius 2 is 1.89 bits per heavy atom. The Morgan fingerprint density at radius 3 is 2.52 bits per heavy atom. The van der Waals surface area contributed by atoms with E-state index in [0.717, 1.165) is 50.3 Å². The third kappa shape index (κ3) is 5.47. The van der Waals surface area contributed by atoms with Crippen molar-refractivity contribution in [1.29, 1.82) is 0 Å². The number of hydrogen-bond acceptors (Lipinski definition) is 5. The molecule has 0 aliphatic carbocycles. The zero-order valence-corrected chi connectivity index (χ0v) is 16.4. The highest BCUT2D eigenvalue weighted by atomic mass is 16.5. The van der Waals surface area contributed by atoms with Crippen molar-refractivity contribution in [1.82, 2.24) is 15.6 Å². The number of hydrogen-bond donors (Lipinski definition) is 2. The molecule has 1 aromatic heterocycles. The van der Waals surface area contributed by atoms with Crippen molar-refractivity contribution in [3.05, 3.63) is 47.2 Å². The first-order valence-corrected chi connectivity index (χ1v) is 9.52. The number of aryl methyl sites for hydroxylation is 2. The van der Waals surface area contributed by atoms with Gasteiger partial charge in [0.15, 0.2) is 5.96 Å². The highest BCUT2D eigenvalue weighted by Gasteiger charge is 2.11. The summed E-state index contributed by atoms with van der Waals surface area (Å²) in [5.74, 6) is 2.28. The quantitative estimate of drug-likeness (QED) is 0.600. The fraction of sp³-hybridized carbons (Fsp3) is 0.500. The zero-order chi connectivity index (χ0) is 19.1. The van der Waals surface area contributed by atoms with Gasteiger partial charge in [-0.15, -0.1) is 0 Å². The lowest BCUT2D eigenvalue weighted by molar-refractivity contribution is 0.122. The highest BCUT2D eigenvalue weighted by molar-refractivity contribution is 5.79. The Kier molecular flexibility index (Phi) is 6.70. The van der Waals surface area contributed by atoms with E-state index in [9.17, 15) is 0 Å². The molecule has 1 aliphatic heterocycles. The molecule has 7 heteroatoms. The maximum Gasteiger partial charge on any atom is 0.214 e. The van der Waals surface area contributed by atoms with Crippen LogP contribution in [0.1, 0.15) is 29.8 Å². The Morgan fingerprint density at radius 1 is 1.15 bits per heavy atom. The number of rotatable bonds is 6. The molecule has 2 aromatic rings. The van der Waals surface area contributed by atoms with Crippen LogP contribution in [0.25, 0.3) is 0 Å².